The Morgan fingerprint density at radius 1 is 1.07 bits per heavy atom. The fourth-order valence-corrected chi connectivity index (χ4v) is 2.57. The van der Waals surface area contributed by atoms with Gasteiger partial charge in [-0.05, 0) is 48.9 Å². The molecule has 150 valence electrons. The van der Waals surface area contributed by atoms with Gasteiger partial charge in [0.05, 0.1) is 6.61 Å². The van der Waals surface area contributed by atoms with Gasteiger partial charge < -0.3 is 15.4 Å². The Morgan fingerprint density at radius 2 is 1.79 bits per heavy atom. The fourth-order valence-electron chi connectivity index (χ4n) is 2.19. The normalized spacial score (nSPS) is 11.0. The Bertz CT molecular complexity index is 811. The molecule has 0 fully saturated rings. The van der Waals surface area contributed by atoms with Crippen LogP contribution < -0.4 is 15.4 Å². The lowest BCUT2D eigenvalue weighted by molar-refractivity contribution is -0.123. The number of hydrogen-bond donors (Lipinski definition) is 2. The van der Waals surface area contributed by atoms with E-state index in [1.165, 1.54) is 24.3 Å². The number of anilines is 1. The van der Waals surface area contributed by atoms with E-state index in [0.717, 1.165) is 4.47 Å². The van der Waals surface area contributed by atoms with Crippen molar-refractivity contribution in [2.24, 2.45) is 0 Å². The number of carbonyl (C=O) groups excluding carboxylic acids is 2. The maximum Gasteiger partial charge on any atom is 0.405 e. The van der Waals surface area contributed by atoms with Crippen molar-refractivity contribution in [2.45, 2.75) is 19.0 Å². The molecule has 28 heavy (non-hydrogen) atoms. The topological polar surface area (TPSA) is 67.4 Å². The van der Waals surface area contributed by atoms with Crippen LogP contribution in [0, 0.1) is 0 Å². The molecule has 0 spiro atoms. The summed E-state index contributed by atoms with van der Waals surface area (Å²) in [6.45, 7) is -1.02. The van der Waals surface area contributed by atoms with Crippen molar-refractivity contribution in [1.82, 2.24) is 5.32 Å². The van der Waals surface area contributed by atoms with Crippen molar-refractivity contribution in [3.63, 3.8) is 0 Å². The predicted molar refractivity (Wildman–Crippen MR) is 102 cm³/mol. The van der Waals surface area contributed by atoms with E-state index in [0.29, 0.717) is 24.5 Å². The standard InChI is InChI=1S/C19H18BrF3N2O3/c20-14-3-1-4-16(11-14)28-10-2-5-17(26)25-15-8-6-13(7-9-15)18(27)24-12-19(21,22)23/h1,3-4,6-9,11H,2,5,10,12H2,(H,24,27)(H,25,26). The summed E-state index contributed by atoms with van der Waals surface area (Å²) in [5.41, 5.74) is 0.523. The number of benzene rings is 2. The highest BCUT2D eigenvalue weighted by molar-refractivity contribution is 9.10. The molecule has 0 aromatic heterocycles. The third kappa shape index (κ3) is 7.99. The molecule has 2 amide bonds. The zero-order chi connectivity index (χ0) is 20.6. The number of hydrogen-bond acceptors (Lipinski definition) is 3. The molecule has 9 heteroatoms. The highest BCUT2D eigenvalue weighted by Crippen LogP contribution is 2.18. The Hall–Kier alpha value is -2.55. The molecule has 0 unspecified atom stereocenters. The van der Waals surface area contributed by atoms with Gasteiger partial charge >= 0.3 is 6.18 Å². The second-order valence-corrected chi connectivity index (χ2v) is 6.75. The van der Waals surface area contributed by atoms with Gasteiger partial charge in [-0.25, -0.2) is 0 Å². The molecule has 0 aliphatic carbocycles. The molecule has 2 aromatic rings. The van der Waals surface area contributed by atoms with Gasteiger partial charge in [-0.3, -0.25) is 9.59 Å². The third-order valence-corrected chi connectivity index (χ3v) is 3.99. The van der Waals surface area contributed by atoms with Crippen LogP contribution in [-0.4, -0.2) is 31.1 Å². The molecule has 0 bridgehead atoms. The third-order valence-electron chi connectivity index (χ3n) is 3.49. The number of amides is 2. The lowest BCUT2D eigenvalue weighted by atomic mass is 10.2. The van der Waals surface area contributed by atoms with E-state index >= 15 is 0 Å². The summed E-state index contributed by atoms with van der Waals surface area (Å²) < 4.78 is 42.8. The van der Waals surface area contributed by atoms with Crippen molar-refractivity contribution in [3.8, 4) is 5.75 Å². The lowest BCUT2D eigenvalue weighted by Gasteiger charge is -2.09. The predicted octanol–water partition coefficient (Wildman–Crippen LogP) is 4.54. The number of halogens is 4. The zero-order valence-corrected chi connectivity index (χ0v) is 16.3. The van der Waals surface area contributed by atoms with E-state index in [2.05, 4.69) is 21.2 Å². The molecule has 2 aromatic carbocycles. The summed E-state index contributed by atoms with van der Waals surface area (Å²) in [7, 11) is 0. The van der Waals surface area contributed by atoms with Gasteiger partial charge in [0, 0.05) is 22.1 Å². The van der Waals surface area contributed by atoms with Crippen LogP contribution in [0.15, 0.2) is 53.0 Å². The maximum atomic E-state index is 12.1. The number of alkyl halides is 3. The first kappa shape index (κ1) is 21.7. The molecule has 0 radical (unpaired) electrons. The molecule has 0 saturated heterocycles. The monoisotopic (exact) mass is 458 g/mol. The highest BCUT2D eigenvalue weighted by Gasteiger charge is 2.27. The maximum absolute atomic E-state index is 12.1. The quantitative estimate of drug-likeness (QED) is 0.570. The van der Waals surface area contributed by atoms with Gasteiger partial charge in [0.15, 0.2) is 0 Å². The Balaban J connectivity index is 1.72. The fraction of sp³-hybridized carbons (Fsp3) is 0.263. The van der Waals surface area contributed by atoms with Crippen molar-refractivity contribution in [2.75, 3.05) is 18.5 Å². The summed E-state index contributed by atoms with van der Waals surface area (Å²) in [4.78, 5) is 23.6. The van der Waals surface area contributed by atoms with E-state index in [4.69, 9.17) is 4.74 Å². The molecule has 0 aliphatic rings. The van der Waals surface area contributed by atoms with Gasteiger partial charge in [0.25, 0.3) is 5.91 Å². The number of ether oxygens (including phenoxy) is 1. The molecular weight excluding hydrogens is 441 g/mol. The van der Waals surface area contributed by atoms with Crippen molar-refractivity contribution < 1.29 is 27.5 Å². The van der Waals surface area contributed by atoms with E-state index < -0.39 is 18.6 Å². The summed E-state index contributed by atoms with van der Waals surface area (Å²) in [5, 5.41) is 4.44. The second-order valence-electron chi connectivity index (χ2n) is 5.83. The highest BCUT2D eigenvalue weighted by atomic mass is 79.9. The first-order valence-electron chi connectivity index (χ1n) is 8.36. The summed E-state index contributed by atoms with van der Waals surface area (Å²) in [6.07, 6.45) is -3.72. The second kappa shape index (κ2) is 10.1. The minimum absolute atomic E-state index is 0.0738. The van der Waals surface area contributed by atoms with Crippen LogP contribution in [0.5, 0.6) is 5.75 Å². The van der Waals surface area contributed by atoms with E-state index in [1.54, 1.807) is 5.32 Å². The van der Waals surface area contributed by atoms with Crippen LogP contribution in [0.25, 0.3) is 0 Å². The Morgan fingerprint density at radius 3 is 2.43 bits per heavy atom. The number of rotatable bonds is 8. The Kier molecular flexibility index (Phi) is 7.86. The lowest BCUT2D eigenvalue weighted by Crippen LogP contribution is -2.33. The van der Waals surface area contributed by atoms with Crippen LogP contribution in [-0.2, 0) is 4.79 Å². The summed E-state index contributed by atoms with van der Waals surface area (Å²) >= 11 is 3.34. The van der Waals surface area contributed by atoms with Crippen molar-refractivity contribution in [1.29, 1.82) is 0 Å². The largest absolute Gasteiger partial charge is 0.494 e. The molecule has 2 N–H and O–H groups in total. The van der Waals surface area contributed by atoms with E-state index in [9.17, 15) is 22.8 Å². The zero-order valence-electron chi connectivity index (χ0n) is 14.7. The Labute approximate surface area is 168 Å². The van der Waals surface area contributed by atoms with Crippen LogP contribution in [0.3, 0.4) is 0 Å². The summed E-state index contributed by atoms with van der Waals surface area (Å²) in [6, 6.07) is 13.0. The molecule has 0 heterocycles. The average molecular weight is 459 g/mol. The molecule has 0 aliphatic heterocycles. The van der Waals surface area contributed by atoms with Gasteiger partial charge in [-0.15, -0.1) is 0 Å². The smallest absolute Gasteiger partial charge is 0.405 e. The number of nitrogens with one attached hydrogen (secondary N) is 2. The molecular formula is C19H18BrF3N2O3. The number of carbonyl (C=O) groups is 2. The van der Waals surface area contributed by atoms with E-state index in [1.807, 2.05) is 24.3 Å². The SMILES string of the molecule is O=C(CCCOc1cccc(Br)c1)Nc1ccc(C(=O)NCC(F)(F)F)cc1. The van der Waals surface area contributed by atoms with Gasteiger partial charge in [-0.1, -0.05) is 22.0 Å². The summed E-state index contributed by atoms with van der Waals surface area (Å²) in [5.74, 6) is -0.360. The van der Waals surface area contributed by atoms with Crippen LogP contribution >= 0.6 is 15.9 Å². The van der Waals surface area contributed by atoms with Gasteiger partial charge in [0.1, 0.15) is 12.3 Å². The van der Waals surface area contributed by atoms with Gasteiger partial charge in [-0.2, -0.15) is 13.2 Å². The van der Waals surface area contributed by atoms with Crippen LogP contribution in [0.1, 0.15) is 23.2 Å². The van der Waals surface area contributed by atoms with Crippen molar-refractivity contribution in [3.05, 3.63) is 58.6 Å². The average Bonchev–Trinajstić information content (AvgIpc) is 2.63. The minimum atomic E-state index is -4.47. The molecule has 2 rings (SSSR count). The van der Waals surface area contributed by atoms with Crippen LogP contribution in [0.2, 0.25) is 0 Å². The van der Waals surface area contributed by atoms with Crippen LogP contribution in [0.4, 0.5) is 18.9 Å². The van der Waals surface area contributed by atoms with E-state index in [-0.39, 0.29) is 17.9 Å². The van der Waals surface area contributed by atoms with Crippen molar-refractivity contribution >= 4 is 33.4 Å². The molecule has 0 saturated carbocycles. The first-order chi connectivity index (χ1) is 13.2. The minimum Gasteiger partial charge on any atom is -0.494 e. The first-order valence-corrected chi connectivity index (χ1v) is 9.15. The molecule has 5 nitrogen and oxygen atoms in total. The van der Waals surface area contributed by atoms with Gasteiger partial charge in [0.2, 0.25) is 5.91 Å². The molecule has 0 atom stereocenters.